The Morgan fingerprint density at radius 1 is 1.09 bits per heavy atom. The summed E-state index contributed by atoms with van der Waals surface area (Å²) in [4.78, 5) is 26.6. The molecule has 0 unspecified atom stereocenters. The lowest BCUT2D eigenvalue weighted by atomic mass is 9.96. The van der Waals surface area contributed by atoms with Crippen LogP contribution in [0.1, 0.15) is 37.8 Å². The molecule has 0 spiro atoms. The maximum atomic E-state index is 13.3. The van der Waals surface area contributed by atoms with Crippen molar-refractivity contribution in [3.05, 3.63) is 59.9 Å². The second-order valence-electron chi connectivity index (χ2n) is 8.01. The maximum Gasteiger partial charge on any atom is 0.309 e. The zero-order chi connectivity index (χ0) is 24.7. The highest BCUT2D eigenvalue weighted by Crippen LogP contribution is 2.26. The Balaban J connectivity index is 1.75. The number of carbonyl (C=O) groups is 2. The van der Waals surface area contributed by atoms with E-state index in [2.05, 4.69) is 4.72 Å². The summed E-state index contributed by atoms with van der Waals surface area (Å²) in [6.45, 7) is 2.85. The van der Waals surface area contributed by atoms with Crippen molar-refractivity contribution < 1.29 is 31.9 Å². The van der Waals surface area contributed by atoms with Gasteiger partial charge in [0.05, 0.1) is 30.6 Å². The number of likely N-dealkylation sites (tertiary alicyclic amines) is 1. The van der Waals surface area contributed by atoms with E-state index in [9.17, 15) is 22.4 Å². The van der Waals surface area contributed by atoms with E-state index in [1.165, 1.54) is 19.2 Å². The van der Waals surface area contributed by atoms with Gasteiger partial charge in [-0.25, -0.2) is 17.5 Å². The van der Waals surface area contributed by atoms with Crippen molar-refractivity contribution in [2.45, 2.75) is 37.1 Å². The first-order chi connectivity index (χ1) is 16.2. The maximum absolute atomic E-state index is 13.3. The van der Waals surface area contributed by atoms with Gasteiger partial charge in [0.1, 0.15) is 11.6 Å². The molecule has 184 valence electrons. The fraction of sp³-hybridized carbons (Fsp3) is 0.417. The van der Waals surface area contributed by atoms with E-state index < -0.39 is 21.9 Å². The highest BCUT2D eigenvalue weighted by atomic mass is 32.2. The van der Waals surface area contributed by atoms with Crippen molar-refractivity contribution in [1.29, 1.82) is 0 Å². The summed E-state index contributed by atoms with van der Waals surface area (Å²) in [5, 5.41) is 0. The first kappa shape index (κ1) is 25.6. The third kappa shape index (κ3) is 6.54. The number of ether oxygens (including phenoxy) is 2. The summed E-state index contributed by atoms with van der Waals surface area (Å²) in [7, 11) is -2.50. The average molecular weight is 493 g/mol. The molecular weight excluding hydrogens is 463 g/mol. The molecular formula is C24H29FN2O6S. The summed E-state index contributed by atoms with van der Waals surface area (Å²) in [5.41, 5.74) is 0.584. The first-order valence-corrected chi connectivity index (χ1v) is 12.6. The molecule has 8 nitrogen and oxygen atoms in total. The van der Waals surface area contributed by atoms with Crippen molar-refractivity contribution in [1.82, 2.24) is 9.62 Å². The van der Waals surface area contributed by atoms with Crippen LogP contribution >= 0.6 is 0 Å². The van der Waals surface area contributed by atoms with E-state index in [0.717, 1.165) is 12.1 Å². The van der Waals surface area contributed by atoms with E-state index in [1.54, 1.807) is 36.1 Å². The van der Waals surface area contributed by atoms with Crippen molar-refractivity contribution in [3.63, 3.8) is 0 Å². The van der Waals surface area contributed by atoms with Gasteiger partial charge in [0.2, 0.25) is 15.9 Å². The number of carbonyl (C=O) groups excluding carboxylic acids is 2. The summed E-state index contributed by atoms with van der Waals surface area (Å²) in [5.74, 6) is -0.677. The SMILES string of the molecule is CCOC(=O)C1CCN(C(=O)C[C@H](NS(=O)(=O)c2ccc(F)cc2)c2ccc(OC)cc2)CC1. The predicted octanol–water partition coefficient (Wildman–Crippen LogP) is 3.05. The number of halogens is 1. The Bertz CT molecular complexity index is 1080. The zero-order valence-corrected chi connectivity index (χ0v) is 20.0. The van der Waals surface area contributed by atoms with Crippen molar-refractivity contribution >= 4 is 21.9 Å². The summed E-state index contributed by atoms with van der Waals surface area (Å²) >= 11 is 0. The van der Waals surface area contributed by atoms with Crippen LogP contribution in [0.3, 0.4) is 0 Å². The Labute approximate surface area is 199 Å². The molecule has 10 heteroatoms. The molecule has 1 N–H and O–H groups in total. The third-order valence-corrected chi connectivity index (χ3v) is 7.27. The molecule has 1 heterocycles. The topological polar surface area (TPSA) is 102 Å². The smallest absolute Gasteiger partial charge is 0.309 e. The van der Waals surface area contributed by atoms with Gasteiger partial charge < -0.3 is 14.4 Å². The molecule has 2 aromatic rings. The zero-order valence-electron chi connectivity index (χ0n) is 19.2. The van der Waals surface area contributed by atoms with Crippen molar-refractivity contribution in [3.8, 4) is 5.75 Å². The number of sulfonamides is 1. The van der Waals surface area contributed by atoms with Gasteiger partial charge in [-0.1, -0.05) is 12.1 Å². The molecule has 1 aliphatic heterocycles. The second kappa shape index (κ2) is 11.4. The van der Waals surface area contributed by atoms with Crippen LogP contribution in [0.4, 0.5) is 4.39 Å². The molecule has 1 amide bonds. The molecule has 0 bridgehead atoms. The van der Waals surface area contributed by atoms with Crippen LogP contribution in [0.5, 0.6) is 5.75 Å². The normalized spacial score (nSPS) is 15.6. The highest BCUT2D eigenvalue weighted by molar-refractivity contribution is 7.89. The van der Waals surface area contributed by atoms with Crippen molar-refractivity contribution in [2.75, 3.05) is 26.8 Å². The van der Waals surface area contributed by atoms with Gasteiger partial charge in [-0.3, -0.25) is 9.59 Å². The molecule has 34 heavy (non-hydrogen) atoms. The number of benzene rings is 2. The largest absolute Gasteiger partial charge is 0.497 e. The molecule has 1 atom stereocenters. The first-order valence-electron chi connectivity index (χ1n) is 11.1. The van der Waals surface area contributed by atoms with Gasteiger partial charge in [-0.15, -0.1) is 0 Å². The van der Waals surface area contributed by atoms with Crippen LogP contribution in [0.15, 0.2) is 53.4 Å². The Kier molecular flexibility index (Phi) is 8.62. The third-order valence-electron chi connectivity index (χ3n) is 5.79. The molecule has 0 radical (unpaired) electrons. The van der Waals surface area contributed by atoms with Crippen LogP contribution < -0.4 is 9.46 Å². The fourth-order valence-electron chi connectivity index (χ4n) is 3.86. The highest BCUT2D eigenvalue weighted by Gasteiger charge is 2.31. The van der Waals surface area contributed by atoms with Gasteiger partial charge in [-0.2, -0.15) is 0 Å². The van der Waals surface area contributed by atoms with E-state index in [0.29, 0.717) is 43.9 Å². The minimum Gasteiger partial charge on any atom is -0.497 e. The van der Waals surface area contributed by atoms with Crippen LogP contribution in [-0.4, -0.2) is 52.0 Å². The van der Waals surface area contributed by atoms with E-state index in [4.69, 9.17) is 9.47 Å². The number of piperidine rings is 1. The van der Waals surface area contributed by atoms with E-state index in [1.807, 2.05) is 0 Å². The molecule has 3 rings (SSSR count). The summed E-state index contributed by atoms with van der Waals surface area (Å²) in [6.07, 6.45) is 0.884. The van der Waals surface area contributed by atoms with Gasteiger partial charge in [0.25, 0.3) is 0 Å². The standard InChI is InChI=1S/C24H29FN2O6S/c1-3-33-24(29)18-12-14-27(15-13-18)23(28)16-22(17-4-8-20(32-2)9-5-17)26-34(30,31)21-10-6-19(25)7-11-21/h4-11,18,22,26H,3,12-16H2,1-2H3/t22-/m0/s1. The molecule has 0 aliphatic carbocycles. The summed E-state index contributed by atoms with van der Waals surface area (Å²) in [6, 6.07) is 10.4. The Morgan fingerprint density at radius 2 is 1.71 bits per heavy atom. The number of esters is 1. The fourth-order valence-corrected chi connectivity index (χ4v) is 5.09. The van der Waals surface area contributed by atoms with Crippen molar-refractivity contribution in [2.24, 2.45) is 5.92 Å². The number of hydrogen-bond acceptors (Lipinski definition) is 6. The molecule has 0 saturated carbocycles. The number of amides is 1. The predicted molar refractivity (Wildman–Crippen MR) is 123 cm³/mol. The molecule has 2 aromatic carbocycles. The number of rotatable bonds is 9. The molecule has 1 aliphatic rings. The van der Waals surface area contributed by atoms with Crippen LogP contribution in [-0.2, 0) is 24.3 Å². The second-order valence-corrected chi connectivity index (χ2v) is 9.73. The molecule has 1 saturated heterocycles. The lowest BCUT2D eigenvalue weighted by Crippen LogP contribution is -2.42. The van der Waals surface area contributed by atoms with Crippen LogP contribution in [0.25, 0.3) is 0 Å². The number of hydrogen-bond donors (Lipinski definition) is 1. The van der Waals surface area contributed by atoms with E-state index in [-0.39, 0.29) is 29.1 Å². The van der Waals surface area contributed by atoms with Gasteiger partial charge >= 0.3 is 5.97 Å². The van der Waals surface area contributed by atoms with Gasteiger partial charge in [0.15, 0.2) is 0 Å². The minimum atomic E-state index is -4.02. The number of nitrogens with one attached hydrogen (secondary N) is 1. The monoisotopic (exact) mass is 492 g/mol. The van der Waals surface area contributed by atoms with Crippen LogP contribution in [0.2, 0.25) is 0 Å². The molecule has 0 aromatic heterocycles. The Morgan fingerprint density at radius 3 is 2.26 bits per heavy atom. The number of methoxy groups -OCH3 is 1. The minimum absolute atomic E-state index is 0.102. The lowest BCUT2D eigenvalue weighted by molar-refractivity contribution is -0.151. The Hall–Kier alpha value is -2.98. The lowest BCUT2D eigenvalue weighted by Gasteiger charge is -2.32. The molecule has 1 fully saturated rings. The van der Waals surface area contributed by atoms with Crippen LogP contribution in [0, 0.1) is 11.7 Å². The average Bonchev–Trinajstić information content (AvgIpc) is 2.84. The summed E-state index contributed by atoms with van der Waals surface area (Å²) < 4.78 is 52.0. The van der Waals surface area contributed by atoms with Gasteiger partial charge in [-0.05, 0) is 61.7 Å². The quantitative estimate of drug-likeness (QED) is 0.540. The number of nitrogens with zero attached hydrogens (tertiary/aromatic N) is 1. The van der Waals surface area contributed by atoms with Gasteiger partial charge in [0, 0.05) is 19.5 Å². The van der Waals surface area contributed by atoms with E-state index >= 15 is 0 Å².